The Morgan fingerprint density at radius 2 is 1.53 bits per heavy atom. The van der Waals surface area contributed by atoms with Crippen molar-refractivity contribution in [3.8, 4) is 0 Å². The largest absolute Gasteiger partial charge is 0.423 e. The topological polar surface area (TPSA) is 149 Å². The van der Waals surface area contributed by atoms with E-state index >= 15 is 0 Å². The summed E-state index contributed by atoms with van der Waals surface area (Å²) in [5.41, 5.74) is 10.2. The van der Waals surface area contributed by atoms with Crippen LogP contribution in [0.2, 0.25) is 0 Å². The fourth-order valence-electron chi connectivity index (χ4n) is 1.91. The Bertz CT molecular complexity index is 608. The molecule has 0 spiro atoms. The van der Waals surface area contributed by atoms with Gasteiger partial charge in [-0.1, -0.05) is 20.3 Å². The van der Waals surface area contributed by atoms with Crippen LogP contribution in [0.4, 0.5) is 26.3 Å². The predicted octanol–water partition coefficient (Wildman–Crippen LogP) is 1.16. The van der Waals surface area contributed by atoms with E-state index in [-0.39, 0.29) is 25.3 Å². The maximum absolute atomic E-state index is 12.5. The van der Waals surface area contributed by atoms with Gasteiger partial charge in [0.1, 0.15) is 6.61 Å². The highest BCUT2D eigenvalue weighted by Crippen LogP contribution is 2.35. The molecule has 0 radical (unpaired) electrons. The monoisotopic (exact) mass is 481 g/mol. The molecular formula is C17H29F6N5O4. The van der Waals surface area contributed by atoms with Crippen molar-refractivity contribution in [2.75, 3.05) is 19.7 Å². The van der Waals surface area contributed by atoms with Crippen molar-refractivity contribution in [2.24, 2.45) is 16.5 Å². The Morgan fingerprint density at radius 1 is 1.03 bits per heavy atom. The number of aliphatic imine (C=N–C) groups is 1. The third-order valence-corrected chi connectivity index (χ3v) is 3.15. The number of amides is 2. The maximum Gasteiger partial charge on any atom is 0.423 e. The Kier molecular flexibility index (Phi) is 15.1. The molecule has 0 aliphatic carbocycles. The lowest BCUT2D eigenvalue weighted by molar-refractivity contribution is -0.319. The first-order valence-electron chi connectivity index (χ1n) is 9.43. The van der Waals surface area contributed by atoms with Gasteiger partial charge in [-0.15, -0.1) is 0 Å². The van der Waals surface area contributed by atoms with Gasteiger partial charge < -0.3 is 26.8 Å². The second-order valence-electron chi connectivity index (χ2n) is 6.43. The molecule has 0 aliphatic rings. The first kappa shape index (κ1) is 31.6. The molecule has 0 saturated heterocycles. The molecule has 9 nitrogen and oxygen atoms in total. The Labute approximate surface area is 181 Å². The van der Waals surface area contributed by atoms with Gasteiger partial charge in [-0.25, -0.2) is 0 Å². The third kappa shape index (κ3) is 16.2. The first-order chi connectivity index (χ1) is 14.6. The van der Waals surface area contributed by atoms with Gasteiger partial charge in [0.15, 0.2) is 11.7 Å². The number of ketones is 1. The molecule has 0 aromatic heterocycles. The van der Waals surface area contributed by atoms with E-state index in [4.69, 9.17) is 11.5 Å². The van der Waals surface area contributed by atoms with Crippen molar-refractivity contribution in [1.82, 2.24) is 10.6 Å². The second-order valence-corrected chi connectivity index (χ2v) is 6.43. The molecule has 1 atom stereocenters. The van der Waals surface area contributed by atoms with Crippen molar-refractivity contribution in [3.05, 3.63) is 0 Å². The predicted molar refractivity (Wildman–Crippen MR) is 103 cm³/mol. The summed E-state index contributed by atoms with van der Waals surface area (Å²) >= 11 is 0. The fourth-order valence-corrected chi connectivity index (χ4v) is 1.91. The lowest BCUT2D eigenvalue weighted by Gasteiger charge is -2.24. The number of halogens is 6. The fraction of sp³-hybridized carbons (Fsp3) is 0.765. The number of nitrogens with zero attached hydrogens (tertiary/aromatic N) is 1. The zero-order valence-corrected chi connectivity index (χ0v) is 17.9. The van der Waals surface area contributed by atoms with Crippen LogP contribution >= 0.6 is 0 Å². The third-order valence-electron chi connectivity index (χ3n) is 3.15. The summed E-state index contributed by atoms with van der Waals surface area (Å²) in [5, 5.41) is 4.22. The van der Waals surface area contributed by atoms with Gasteiger partial charge in [-0.3, -0.25) is 19.4 Å². The van der Waals surface area contributed by atoms with Gasteiger partial charge >= 0.3 is 12.4 Å². The minimum Gasteiger partial charge on any atom is -0.370 e. The molecule has 2 amide bonds. The minimum absolute atomic E-state index is 0.0116. The van der Waals surface area contributed by atoms with Crippen LogP contribution in [0.15, 0.2) is 4.99 Å². The number of guanidine groups is 1. The molecule has 188 valence electrons. The van der Waals surface area contributed by atoms with Gasteiger partial charge in [0.25, 0.3) is 0 Å². The molecule has 0 fully saturated rings. The zero-order chi connectivity index (χ0) is 25.5. The van der Waals surface area contributed by atoms with E-state index in [0.717, 1.165) is 6.92 Å². The number of nitrogens with one attached hydrogen (secondary N) is 2. The molecule has 0 rings (SSSR count). The van der Waals surface area contributed by atoms with Crippen molar-refractivity contribution in [2.45, 2.75) is 64.5 Å². The van der Waals surface area contributed by atoms with Gasteiger partial charge in [-0.2, -0.15) is 26.3 Å². The lowest BCUT2D eigenvalue weighted by atomic mass is 10.1. The summed E-state index contributed by atoms with van der Waals surface area (Å²) < 4.78 is 78.6. The van der Waals surface area contributed by atoms with E-state index < -0.39 is 55.2 Å². The highest BCUT2D eigenvalue weighted by Gasteiger charge is 2.58. The van der Waals surface area contributed by atoms with E-state index in [0.29, 0.717) is 0 Å². The van der Waals surface area contributed by atoms with Gasteiger partial charge in [0.05, 0.1) is 12.6 Å². The molecule has 0 aromatic rings. The molecule has 6 N–H and O–H groups in total. The van der Waals surface area contributed by atoms with Crippen molar-refractivity contribution in [1.29, 1.82) is 0 Å². The van der Waals surface area contributed by atoms with Crippen LogP contribution in [0.5, 0.6) is 0 Å². The molecule has 0 heterocycles. The number of nitrogens with two attached hydrogens (primary N) is 2. The number of carbonyl (C=O) groups excluding carboxylic acids is 3. The number of rotatable bonds is 11. The summed E-state index contributed by atoms with van der Waals surface area (Å²) in [7, 11) is 0. The van der Waals surface area contributed by atoms with E-state index in [1.54, 1.807) is 0 Å². The molecule has 15 heteroatoms. The van der Waals surface area contributed by atoms with E-state index in [1.165, 1.54) is 6.42 Å². The molecular weight excluding hydrogens is 452 g/mol. The van der Waals surface area contributed by atoms with E-state index in [2.05, 4.69) is 34.2 Å². The minimum atomic E-state index is -5.78. The second kappa shape index (κ2) is 15.3. The van der Waals surface area contributed by atoms with Crippen molar-refractivity contribution < 1.29 is 45.5 Å². The summed E-state index contributed by atoms with van der Waals surface area (Å²) in [5.74, 6) is -2.96. The van der Waals surface area contributed by atoms with Gasteiger partial charge in [0.2, 0.25) is 17.9 Å². The average molecular weight is 481 g/mol. The number of carbonyl (C=O) groups is 3. The smallest absolute Gasteiger partial charge is 0.370 e. The Hall–Kier alpha value is -2.58. The summed E-state index contributed by atoms with van der Waals surface area (Å²) in [4.78, 5) is 38.1. The summed E-state index contributed by atoms with van der Waals surface area (Å²) in [6.45, 7) is 3.23. The van der Waals surface area contributed by atoms with Crippen LogP contribution in [0.25, 0.3) is 0 Å². The average Bonchev–Trinajstić information content (AvgIpc) is 2.60. The van der Waals surface area contributed by atoms with Crippen molar-refractivity contribution in [3.63, 3.8) is 0 Å². The van der Waals surface area contributed by atoms with Gasteiger partial charge in [0, 0.05) is 13.5 Å². The van der Waals surface area contributed by atoms with E-state index in [1.807, 2.05) is 0 Å². The number of ether oxygens (including phenoxy) is 1. The normalized spacial score (nSPS) is 12.3. The van der Waals surface area contributed by atoms with Gasteiger partial charge in [-0.05, 0) is 12.8 Å². The van der Waals surface area contributed by atoms with Crippen molar-refractivity contribution >= 4 is 23.6 Å². The SMILES string of the molecule is CC(=O)NCC(=O)NC(CCCN=C(N)N)C(=O)COC(C(F)(F)F)C(F)(F)F.CCC. The summed E-state index contributed by atoms with van der Waals surface area (Å²) in [6, 6.07) is -1.48. The quantitative estimate of drug-likeness (QED) is 0.151. The maximum atomic E-state index is 12.5. The highest BCUT2D eigenvalue weighted by molar-refractivity contribution is 5.91. The molecule has 0 aromatic carbocycles. The molecule has 0 saturated carbocycles. The van der Waals surface area contributed by atoms with Crippen LogP contribution in [0, 0.1) is 0 Å². The number of hydrogen-bond acceptors (Lipinski definition) is 5. The van der Waals surface area contributed by atoms with E-state index in [9.17, 15) is 40.7 Å². The summed E-state index contributed by atoms with van der Waals surface area (Å²) in [6.07, 6.45) is -14.6. The van der Waals surface area contributed by atoms with Crippen LogP contribution in [-0.4, -0.2) is 67.8 Å². The van der Waals surface area contributed by atoms with Crippen LogP contribution in [0.1, 0.15) is 40.0 Å². The van der Waals surface area contributed by atoms with Crippen LogP contribution in [-0.2, 0) is 19.1 Å². The Balaban J connectivity index is 0. The molecule has 0 aliphatic heterocycles. The molecule has 0 bridgehead atoms. The zero-order valence-electron chi connectivity index (χ0n) is 17.9. The number of Topliss-reactive ketones (excluding diaryl/α,β-unsaturated/α-hetero) is 1. The van der Waals surface area contributed by atoms with Crippen LogP contribution < -0.4 is 22.1 Å². The van der Waals surface area contributed by atoms with Crippen LogP contribution in [0.3, 0.4) is 0 Å². The number of hydrogen-bond donors (Lipinski definition) is 4. The molecule has 1 unspecified atom stereocenters. The molecule has 32 heavy (non-hydrogen) atoms. The Morgan fingerprint density at radius 3 is 1.94 bits per heavy atom. The standard InChI is InChI=1S/C14H21F6N5O4.C3H8/c1-7(26)24-5-10(28)25-8(3-2-4-23-12(21)22)9(27)6-29-11(13(15,16)17)14(18,19)20;1-3-2/h8,11H,2-6H2,1H3,(H,24,26)(H,25,28)(H4,21,22,23);3H2,1-2H3. The lowest BCUT2D eigenvalue weighted by Crippen LogP contribution is -2.49. The first-order valence-corrected chi connectivity index (χ1v) is 9.43. The number of alkyl halides is 6. The highest BCUT2D eigenvalue weighted by atomic mass is 19.4.